The van der Waals surface area contributed by atoms with Gasteiger partial charge in [-0.15, -0.1) is 12.4 Å². The molecule has 0 spiro atoms. The highest BCUT2D eigenvalue weighted by atomic mass is 35.5. The first kappa shape index (κ1) is 26.4. The van der Waals surface area contributed by atoms with Gasteiger partial charge in [0.1, 0.15) is 12.1 Å². The second-order valence-corrected chi connectivity index (χ2v) is 8.20. The third kappa shape index (κ3) is 6.81. The van der Waals surface area contributed by atoms with Crippen LogP contribution in [0.1, 0.15) is 34.0 Å². The van der Waals surface area contributed by atoms with Crippen molar-refractivity contribution in [3.63, 3.8) is 0 Å². The molecule has 2 N–H and O–H groups in total. The van der Waals surface area contributed by atoms with E-state index in [1.54, 1.807) is 37.3 Å². The number of ether oxygens (including phenoxy) is 1. The first-order valence-corrected chi connectivity index (χ1v) is 11.6. The Kier molecular flexibility index (Phi) is 10.4. The number of aromatic nitrogens is 1. The third-order valence-corrected chi connectivity index (χ3v) is 5.76. The van der Waals surface area contributed by atoms with E-state index in [1.807, 2.05) is 60.9 Å². The van der Waals surface area contributed by atoms with Gasteiger partial charge in [-0.2, -0.15) is 11.8 Å². The number of aliphatic carboxylic acids is 1. The van der Waals surface area contributed by atoms with Gasteiger partial charge in [0, 0.05) is 30.6 Å². The Morgan fingerprint density at radius 2 is 1.85 bits per heavy atom. The van der Waals surface area contributed by atoms with Gasteiger partial charge in [-0.1, -0.05) is 42.5 Å². The van der Waals surface area contributed by atoms with Crippen molar-refractivity contribution in [1.29, 1.82) is 0 Å². The topological polar surface area (TPSA) is 88.5 Å². The molecule has 0 radical (unpaired) electrons. The molecule has 3 aromatic rings. The third-order valence-electron chi connectivity index (χ3n) is 5.11. The fourth-order valence-corrected chi connectivity index (χ4v) is 3.98. The van der Waals surface area contributed by atoms with Crippen molar-refractivity contribution in [3.8, 4) is 11.1 Å². The Morgan fingerprint density at radius 1 is 1.09 bits per heavy atom. The van der Waals surface area contributed by atoms with Gasteiger partial charge in [0.15, 0.2) is 0 Å². The van der Waals surface area contributed by atoms with Crippen LogP contribution in [0.4, 0.5) is 0 Å². The zero-order valence-electron chi connectivity index (χ0n) is 18.4. The molecule has 33 heavy (non-hydrogen) atoms. The maximum atomic E-state index is 13.1. The molecule has 0 saturated heterocycles. The maximum Gasteiger partial charge on any atom is 0.326 e. The number of amides is 1. The predicted octanol–water partition coefficient (Wildman–Crippen LogP) is 4.84. The van der Waals surface area contributed by atoms with Crippen LogP contribution in [0.5, 0.6) is 0 Å². The minimum atomic E-state index is -1.04. The molecule has 2 aromatic carbocycles. The lowest BCUT2D eigenvalue weighted by molar-refractivity contribution is -0.139. The molecule has 0 aliphatic carbocycles. The van der Waals surface area contributed by atoms with Crippen molar-refractivity contribution >= 4 is 36.0 Å². The van der Waals surface area contributed by atoms with Gasteiger partial charge >= 0.3 is 5.97 Å². The van der Waals surface area contributed by atoms with Crippen molar-refractivity contribution in [3.05, 3.63) is 89.7 Å². The number of carbonyl (C=O) groups is 2. The largest absolute Gasteiger partial charge is 0.480 e. The van der Waals surface area contributed by atoms with E-state index in [0.29, 0.717) is 23.3 Å². The Morgan fingerprint density at radius 3 is 2.45 bits per heavy atom. The quantitative estimate of drug-likeness (QED) is 0.426. The van der Waals surface area contributed by atoms with Crippen molar-refractivity contribution in [2.75, 3.05) is 19.1 Å². The zero-order chi connectivity index (χ0) is 22.9. The first-order chi connectivity index (χ1) is 15.5. The number of carbonyl (C=O) groups excluding carboxylic acids is 1. The van der Waals surface area contributed by atoms with Crippen molar-refractivity contribution < 1.29 is 19.4 Å². The van der Waals surface area contributed by atoms with E-state index < -0.39 is 17.9 Å². The number of nitrogens with zero attached hydrogens (tertiary/aromatic N) is 1. The van der Waals surface area contributed by atoms with Crippen LogP contribution >= 0.6 is 24.2 Å². The van der Waals surface area contributed by atoms with E-state index >= 15 is 0 Å². The number of pyridine rings is 1. The van der Waals surface area contributed by atoms with Gasteiger partial charge in [-0.25, -0.2) is 4.79 Å². The molecular weight excluding hydrogens is 460 g/mol. The molecule has 0 fully saturated rings. The average molecular weight is 487 g/mol. The molecule has 2 atom stereocenters. The molecule has 0 aliphatic heterocycles. The standard InChI is InChI=1S/C25H26N2O4S.ClH/c1-31-23(19-9-6-13-26-16-19)18-10-11-20(21(15-18)17-7-4-3-5-8-17)24(28)27-22(25(29)30)12-14-32-2;/h3-11,13,15-16,22-23H,12,14H2,1-2H3,(H,27,28)(H,29,30);1H. The first-order valence-electron chi connectivity index (χ1n) is 10.2. The molecule has 3 rings (SSSR count). The molecule has 0 saturated carbocycles. The van der Waals surface area contributed by atoms with Gasteiger partial charge in [0.05, 0.1) is 0 Å². The van der Waals surface area contributed by atoms with Crippen LogP contribution in [0.25, 0.3) is 11.1 Å². The summed E-state index contributed by atoms with van der Waals surface area (Å²) >= 11 is 1.54. The molecular formula is C25H27ClN2O4S. The minimum Gasteiger partial charge on any atom is -0.480 e. The van der Waals surface area contributed by atoms with Gasteiger partial charge in [0.2, 0.25) is 0 Å². The van der Waals surface area contributed by atoms with Crippen LogP contribution in [0.15, 0.2) is 73.1 Å². The second-order valence-electron chi connectivity index (χ2n) is 7.22. The molecule has 8 heteroatoms. The predicted molar refractivity (Wildman–Crippen MR) is 134 cm³/mol. The second kappa shape index (κ2) is 13.0. The molecule has 1 aromatic heterocycles. The Hall–Kier alpha value is -2.87. The number of methoxy groups -OCH3 is 1. The molecule has 174 valence electrons. The van der Waals surface area contributed by atoms with E-state index in [4.69, 9.17) is 4.74 Å². The summed E-state index contributed by atoms with van der Waals surface area (Å²) in [5.74, 6) is -0.817. The maximum absolute atomic E-state index is 13.1. The number of halogens is 1. The highest BCUT2D eigenvalue weighted by Crippen LogP contribution is 2.31. The number of carboxylic acid groups (broad SMARTS) is 1. The number of carboxylic acids is 1. The number of thioether (sulfide) groups is 1. The van der Waals surface area contributed by atoms with E-state index in [2.05, 4.69) is 10.3 Å². The van der Waals surface area contributed by atoms with Crippen molar-refractivity contribution in [2.24, 2.45) is 0 Å². The van der Waals surface area contributed by atoms with Gasteiger partial charge in [-0.3, -0.25) is 9.78 Å². The average Bonchev–Trinajstić information content (AvgIpc) is 2.83. The summed E-state index contributed by atoms with van der Waals surface area (Å²) in [6.07, 6.45) is 5.36. The SMILES string of the molecule is COC(c1cccnc1)c1ccc(C(=O)NC(CCSC)C(=O)O)c(-c2ccccc2)c1.Cl. The Labute approximate surface area is 204 Å². The monoisotopic (exact) mass is 486 g/mol. The molecule has 0 bridgehead atoms. The minimum absolute atomic E-state index is 0. The number of nitrogens with one attached hydrogen (secondary N) is 1. The lowest BCUT2D eigenvalue weighted by Gasteiger charge is -2.20. The van der Waals surface area contributed by atoms with Crippen molar-refractivity contribution in [1.82, 2.24) is 10.3 Å². The highest BCUT2D eigenvalue weighted by Gasteiger charge is 2.23. The molecule has 0 aliphatic rings. The normalized spacial score (nSPS) is 12.3. The molecule has 1 heterocycles. The fourth-order valence-electron chi connectivity index (χ4n) is 3.50. The van der Waals surface area contributed by atoms with E-state index in [1.165, 1.54) is 0 Å². The van der Waals surface area contributed by atoms with Crippen LogP contribution in [0.3, 0.4) is 0 Å². The highest BCUT2D eigenvalue weighted by molar-refractivity contribution is 7.98. The number of hydrogen-bond acceptors (Lipinski definition) is 5. The number of rotatable bonds is 10. The summed E-state index contributed by atoms with van der Waals surface area (Å²) in [6, 6.07) is 17.9. The van der Waals surface area contributed by atoms with Gasteiger partial charge < -0.3 is 15.2 Å². The van der Waals surface area contributed by atoms with Crippen LogP contribution in [-0.2, 0) is 9.53 Å². The lowest BCUT2D eigenvalue weighted by Crippen LogP contribution is -2.41. The van der Waals surface area contributed by atoms with E-state index in [-0.39, 0.29) is 18.5 Å². The van der Waals surface area contributed by atoms with Crippen LogP contribution in [0, 0.1) is 0 Å². The smallest absolute Gasteiger partial charge is 0.326 e. The van der Waals surface area contributed by atoms with E-state index in [9.17, 15) is 14.7 Å². The Balaban J connectivity index is 0.00000385. The van der Waals surface area contributed by atoms with Gasteiger partial charge in [0.25, 0.3) is 5.91 Å². The molecule has 6 nitrogen and oxygen atoms in total. The summed E-state index contributed by atoms with van der Waals surface area (Å²) < 4.78 is 5.73. The summed E-state index contributed by atoms with van der Waals surface area (Å²) in [6.45, 7) is 0. The summed E-state index contributed by atoms with van der Waals surface area (Å²) in [5, 5.41) is 12.2. The van der Waals surface area contributed by atoms with Crippen LogP contribution in [-0.4, -0.2) is 47.1 Å². The Bertz CT molecular complexity index is 1050. The fraction of sp³-hybridized carbons (Fsp3) is 0.240. The number of hydrogen-bond donors (Lipinski definition) is 2. The summed E-state index contributed by atoms with van der Waals surface area (Å²) in [5.41, 5.74) is 3.75. The lowest BCUT2D eigenvalue weighted by atomic mass is 9.93. The number of benzene rings is 2. The summed E-state index contributed by atoms with van der Waals surface area (Å²) in [7, 11) is 1.63. The summed E-state index contributed by atoms with van der Waals surface area (Å²) in [4.78, 5) is 28.9. The van der Waals surface area contributed by atoms with Crippen LogP contribution < -0.4 is 5.32 Å². The van der Waals surface area contributed by atoms with Crippen LogP contribution in [0.2, 0.25) is 0 Å². The molecule has 2 unspecified atom stereocenters. The zero-order valence-corrected chi connectivity index (χ0v) is 20.1. The van der Waals surface area contributed by atoms with Crippen molar-refractivity contribution in [2.45, 2.75) is 18.6 Å². The molecule has 1 amide bonds. The van der Waals surface area contributed by atoms with Gasteiger partial charge in [-0.05, 0) is 53.3 Å². The van der Waals surface area contributed by atoms with E-state index in [0.717, 1.165) is 16.7 Å².